The van der Waals surface area contributed by atoms with Crippen molar-refractivity contribution >= 4 is 21.6 Å². The lowest BCUT2D eigenvalue weighted by atomic mass is 10.1. The Kier molecular flexibility index (Phi) is 3.12. The van der Waals surface area contributed by atoms with Crippen molar-refractivity contribution in [3.8, 4) is 0 Å². The second-order valence-electron chi connectivity index (χ2n) is 4.14. The van der Waals surface area contributed by atoms with Crippen LogP contribution in [-0.2, 0) is 0 Å². The number of para-hydroxylation sites is 1. The van der Waals surface area contributed by atoms with Gasteiger partial charge in [-0.25, -0.2) is 0 Å². The third-order valence-corrected chi connectivity index (χ3v) is 3.77. The summed E-state index contributed by atoms with van der Waals surface area (Å²) in [7, 11) is 0. The topological polar surface area (TPSA) is 12.0 Å². The summed E-state index contributed by atoms with van der Waals surface area (Å²) >= 11 is 3.56. The summed E-state index contributed by atoms with van der Waals surface area (Å²) in [4.78, 5) is 0. The maximum Gasteiger partial charge on any atom is 0.0486 e. The average Bonchev–Trinajstić information content (AvgIpc) is 2.56. The summed E-state index contributed by atoms with van der Waals surface area (Å²) in [6.07, 6.45) is 4.04. The maximum absolute atomic E-state index is 3.61. The van der Waals surface area contributed by atoms with E-state index in [2.05, 4.69) is 46.4 Å². The molecule has 1 aliphatic rings. The van der Waals surface area contributed by atoms with Crippen LogP contribution in [0, 0.1) is 5.92 Å². The Morgan fingerprint density at radius 3 is 2.71 bits per heavy atom. The first kappa shape index (κ1) is 10.0. The lowest BCUT2D eigenvalue weighted by Crippen LogP contribution is -2.21. The molecule has 0 radical (unpaired) electrons. The van der Waals surface area contributed by atoms with E-state index in [0.29, 0.717) is 6.04 Å². The first-order valence-corrected chi connectivity index (χ1v) is 6.08. The molecule has 1 saturated carbocycles. The van der Waals surface area contributed by atoms with Crippen molar-refractivity contribution in [1.29, 1.82) is 0 Å². The van der Waals surface area contributed by atoms with Gasteiger partial charge in [-0.05, 0) is 46.8 Å². The minimum Gasteiger partial charge on any atom is -0.381 e. The van der Waals surface area contributed by atoms with Gasteiger partial charge in [-0.3, -0.25) is 0 Å². The van der Waals surface area contributed by atoms with Crippen LogP contribution in [0.2, 0.25) is 0 Å². The molecule has 0 heterocycles. The van der Waals surface area contributed by atoms with Gasteiger partial charge in [0, 0.05) is 16.2 Å². The average molecular weight is 254 g/mol. The molecule has 2 heteroatoms. The maximum atomic E-state index is 3.61. The van der Waals surface area contributed by atoms with E-state index < -0.39 is 0 Å². The lowest BCUT2D eigenvalue weighted by Gasteiger charge is -2.19. The molecular weight excluding hydrogens is 238 g/mol. The van der Waals surface area contributed by atoms with Gasteiger partial charge in [0.2, 0.25) is 0 Å². The van der Waals surface area contributed by atoms with Crippen LogP contribution in [0.3, 0.4) is 0 Å². The monoisotopic (exact) mass is 253 g/mol. The van der Waals surface area contributed by atoms with Gasteiger partial charge in [-0.2, -0.15) is 0 Å². The predicted molar refractivity (Wildman–Crippen MR) is 64.6 cm³/mol. The molecule has 2 atom stereocenters. The molecule has 76 valence electrons. The number of hydrogen-bond acceptors (Lipinski definition) is 1. The molecule has 0 spiro atoms. The molecule has 0 aliphatic heterocycles. The van der Waals surface area contributed by atoms with Gasteiger partial charge in [-0.1, -0.05) is 25.5 Å². The standard InChI is InChI=1S/C12H16BrN/c1-9-5-4-8-11(9)14-12-7-3-2-6-10(12)13/h2-3,6-7,9,11,14H,4-5,8H2,1H3. The summed E-state index contributed by atoms with van der Waals surface area (Å²) in [5, 5.41) is 3.61. The van der Waals surface area contributed by atoms with Gasteiger partial charge in [0.05, 0.1) is 0 Å². The van der Waals surface area contributed by atoms with Crippen molar-refractivity contribution in [3.05, 3.63) is 28.7 Å². The molecule has 2 rings (SSSR count). The third-order valence-electron chi connectivity index (χ3n) is 3.08. The molecule has 1 nitrogen and oxygen atoms in total. The summed E-state index contributed by atoms with van der Waals surface area (Å²) < 4.78 is 1.17. The zero-order valence-electron chi connectivity index (χ0n) is 8.46. The summed E-state index contributed by atoms with van der Waals surface area (Å²) in [6.45, 7) is 2.33. The van der Waals surface area contributed by atoms with E-state index >= 15 is 0 Å². The van der Waals surface area contributed by atoms with E-state index in [-0.39, 0.29) is 0 Å². The first-order chi connectivity index (χ1) is 6.77. The van der Waals surface area contributed by atoms with Crippen LogP contribution in [0.4, 0.5) is 5.69 Å². The van der Waals surface area contributed by atoms with Crippen molar-refractivity contribution in [1.82, 2.24) is 0 Å². The Hall–Kier alpha value is -0.500. The third kappa shape index (κ3) is 2.11. The van der Waals surface area contributed by atoms with Crippen LogP contribution in [0.25, 0.3) is 0 Å². The Balaban J connectivity index is 2.07. The molecule has 14 heavy (non-hydrogen) atoms. The van der Waals surface area contributed by atoms with E-state index in [9.17, 15) is 0 Å². The van der Waals surface area contributed by atoms with Crippen LogP contribution in [0.15, 0.2) is 28.7 Å². The molecule has 1 N–H and O–H groups in total. The number of anilines is 1. The van der Waals surface area contributed by atoms with E-state index in [1.165, 1.54) is 29.4 Å². The normalized spacial score (nSPS) is 26.4. The number of hydrogen-bond donors (Lipinski definition) is 1. The summed E-state index contributed by atoms with van der Waals surface area (Å²) in [6, 6.07) is 9.01. The van der Waals surface area contributed by atoms with Gasteiger partial charge >= 0.3 is 0 Å². The number of nitrogens with one attached hydrogen (secondary N) is 1. The highest BCUT2D eigenvalue weighted by atomic mass is 79.9. The minimum absolute atomic E-state index is 0.661. The molecule has 0 saturated heterocycles. The highest BCUT2D eigenvalue weighted by molar-refractivity contribution is 9.10. The zero-order chi connectivity index (χ0) is 9.97. The van der Waals surface area contributed by atoms with Crippen molar-refractivity contribution in [2.75, 3.05) is 5.32 Å². The summed E-state index contributed by atoms with van der Waals surface area (Å²) in [5.41, 5.74) is 1.23. The van der Waals surface area contributed by atoms with Crippen LogP contribution in [-0.4, -0.2) is 6.04 Å². The number of benzene rings is 1. The second-order valence-corrected chi connectivity index (χ2v) is 4.99. The zero-order valence-corrected chi connectivity index (χ0v) is 10.0. The highest BCUT2D eigenvalue weighted by Gasteiger charge is 2.23. The van der Waals surface area contributed by atoms with E-state index in [4.69, 9.17) is 0 Å². The molecule has 1 aromatic rings. The van der Waals surface area contributed by atoms with Gasteiger partial charge in [0.1, 0.15) is 0 Å². The molecule has 1 aromatic carbocycles. The fourth-order valence-corrected chi connectivity index (χ4v) is 2.54. The SMILES string of the molecule is CC1CCCC1Nc1ccccc1Br. The molecule has 1 aliphatic carbocycles. The second kappa shape index (κ2) is 4.35. The van der Waals surface area contributed by atoms with Crippen molar-refractivity contribution in [2.24, 2.45) is 5.92 Å². The molecule has 0 bridgehead atoms. The minimum atomic E-state index is 0.661. The van der Waals surface area contributed by atoms with Crippen molar-refractivity contribution < 1.29 is 0 Å². The molecule has 0 aromatic heterocycles. The van der Waals surface area contributed by atoms with Gasteiger partial charge in [0.15, 0.2) is 0 Å². The highest BCUT2D eigenvalue weighted by Crippen LogP contribution is 2.30. The van der Waals surface area contributed by atoms with Gasteiger partial charge in [-0.15, -0.1) is 0 Å². The molecule has 0 amide bonds. The molecule has 2 unspecified atom stereocenters. The predicted octanol–water partition coefficient (Wildman–Crippen LogP) is 4.05. The first-order valence-electron chi connectivity index (χ1n) is 5.28. The van der Waals surface area contributed by atoms with Crippen LogP contribution in [0.5, 0.6) is 0 Å². The van der Waals surface area contributed by atoms with E-state index in [1.54, 1.807) is 0 Å². The Bertz CT molecular complexity index is 311. The van der Waals surface area contributed by atoms with Crippen molar-refractivity contribution in [2.45, 2.75) is 32.2 Å². The van der Waals surface area contributed by atoms with E-state index in [0.717, 1.165) is 5.92 Å². The van der Waals surface area contributed by atoms with Crippen LogP contribution < -0.4 is 5.32 Å². The Morgan fingerprint density at radius 1 is 1.29 bits per heavy atom. The molecular formula is C12H16BrN. The Morgan fingerprint density at radius 2 is 2.07 bits per heavy atom. The quantitative estimate of drug-likeness (QED) is 0.839. The smallest absolute Gasteiger partial charge is 0.0486 e. The van der Waals surface area contributed by atoms with Crippen molar-refractivity contribution in [3.63, 3.8) is 0 Å². The fraction of sp³-hybridized carbons (Fsp3) is 0.500. The largest absolute Gasteiger partial charge is 0.381 e. The number of rotatable bonds is 2. The van der Waals surface area contributed by atoms with E-state index in [1.807, 2.05) is 6.07 Å². The molecule has 1 fully saturated rings. The summed E-state index contributed by atoms with van der Waals surface area (Å²) in [5.74, 6) is 0.808. The Labute approximate surface area is 94.0 Å². The van der Waals surface area contributed by atoms with Crippen LogP contribution in [0.1, 0.15) is 26.2 Å². The van der Waals surface area contributed by atoms with Gasteiger partial charge < -0.3 is 5.32 Å². The van der Waals surface area contributed by atoms with Crippen LogP contribution >= 0.6 is 15.9 Å². The number of halogens is 1. The van der Waals surface area contributed by atoms with Gasteiger partial charge in [0.25, 0.3) is 0 Å². The fourth-order valence-electron chi connectivity index (χ4n) is 2.14. The lowest BCUT2D eigenvalue weighted by molar-refractivity contribution is 0.556.